The summed E-state index contributed by atoms with van der Waals surface area (Å²) in [6.45, 7) is -0.442. The van der Waals surface area contributed by atoms with Crippen LogP contribution >= 0.6 is 8.25 Å². The molecular formula is C13H16FO4P. The zero-order valence-corrected chi connectivity index (χ0v) is 11.4. The number of benzene rings is 1. The van der Waals surface area contributed by atoms with Crippen LogP contribution < -0.4 is 0 Å². The van der Waals surface area contributed by atoms with Gasteiger partial charge in [-0.1, -0.05) is 31.0 Å². The first-order valence-electron chi connectivity index (χ1n) is 6.20. The van der Waals surface area contributed by atoms with Crippen LogP contribution in [0.4, 0.5) is 4.39 Å². The van der Waals surface area contributed by atoms with Crippen LogP contribution in [0.3, 0.4) is 0 Å². The maximum Gasteiger partial charge on any atom is 0.317 e. The molecular weight excluding hydrogens is 270 g/mol. The first-order chi connectivity index (χ1) is 9.06. The van der Waals surface area contributed by atoms with Gasteiger partial charge in [0, 0.05) is 5.56 Å². The summed E-state index contributed by atoms with van der Waals surface area (Å²) in [4.78, 5) is 20.9. The lowest BCUT2D eigenvalue weighted by molar-refractivity contribution is -0.126. The zero-order valence-electron chi connectivity index (χ0n) is 10.4. The van der Waals surface area contributed by atoms with E-state index in [4.69, 9.17) is 4.89 Å². The number of ketones is 1. The molecule has 1 fully saturated rings. The predicted octanol–water partition coefficient (Wildman–Crippen LogP) is 2.61. The van der Waals surface area contributed by atoms with Gasteiger partial charge in [0.25, 0.3) is 0 Å². The minimum Gasteiger partial charge on any atom is -0.326 e. The summed E-state index contributed by atoms with van der Waals surface area (Å²) in [5.74, 6) is -0.725. The van der Waals surface area contributed by atoms with E-state index >= 15 is 0 Å². The van der Waals surface area contributed by atoms with Gasteiger partial charge in [0.05, 0.1) is 5.41 Å². The van der Waals surface area contributed by atoms with Gasteiger partial charge in [-0.3, -0.25) is 9.36 Å². The topological polar surface area (TPSA) is 63.6 Å². The van der Waals surface area contributed by atoms with Crippen molar-refractivity contribution in [2.24, 2.45) is 0 Å². The van der Waals surface area contributed by atoms with E-state index < -0.39 is 26.1 Å². The third-order valence-corrected chi connectivity index (χ3v) is 4.10. The highest BCUT2D eigenvalue weighted by atomic mass is 31.1. The van der Waals surface area contributed by atoms with Crippen molar-refractivity contribution in [2.75, 3.05) is 6.61 Å². The van der Waals surface area contributed by atoms with Crippen LogP contribution in [0.1, 0.15) is 31.2 Å². The van der Waals surface area contributed by atoms with Gasteiger partial charge in [0.2, 0.25) is 0 Å². The number of hydrogen-bond donors (Lipinski definition) is 1. The monoisotopic (exact) mass is 286 g/mol. The first-order valence-corrected chi connectivity index (χ1v) is 7.47. The van der Waals surface area contributed by atoms with E-state index in [0.717, 1.165) is 12.8 Å². The van der Waals surface area contributed by atoms with E-state index in [-0.39, 0.29) is 5.78 Å². The number of Topliss-reactive ketones (excluding diaryl/α,β-unsaturated/α-hetero) is 1. The molecule has 1 N–H and O–H groups in total. The number of rotatable bonds is 5. The molecule has 1 aromatic rings. The molecule has 0 spiro atoms. The summed E-state index contributed by atoms with van der Waals surface area (Å²) in [6.07, 6.45) is 2.80. The molecule has 0 heterocycles. The van der Waals surface area contributed by atoms with E-state index in [1.54, 1.807) is 18.2 Å². The lowest BCUT2D eigenvalue weighted by atomic mass is 9.75. The molecule has 0 aromatic heterocycles. The van der Waals surface area contributed by atoms with E-state index in [2.05, 4.69) is 4.52 Å². The van der Waals surface area contributed by atoms with Gasteiger partial charge in [-0.15, -0.1) is 0 Å². The Balaban J connectivity index is 2.30. The molecule has 0 saturated heterocycles. The summed E-state index contributed by atoms with van der Waals surface area (Å²) < 4.78 is 29.0. The molecule has 1 aromatic carbocycles. The normalized spacial score (nSPS) is 19.3. The first kappa shape index (κ1) is 14.4. The summed E-state index contributed by atoms with van der Waals surface area (Å²) in [5, 5.41) is 0. The van der Waals surface area contributed by atoms with Gasteiger partial charge in [-0.25, -0.2) is 4.39 Å². The fourth-order valence-electron chi connectivity index (χ4n) is 2.79. The van der Waals surface area contributed by atoms with Crippen LogP contribution in [0.2, 0.25) is 0 Å². The summed E-state index contributed by atoms with van der Waals surface area (Å²) in [5.41, 5.74) is -0.526. The fraction of sp³-hybridized carbons (Fsp3) is 0.462. The van der Waals surface area contributed by atoms with Crippen molar-refractivity contribution in [3.8, 4) is 0 Å². The molecule has 0 radical (unpaired) electrons. The summed E-state index contributed by atoms with van der Waals surface area (Å²) >= 11 is 0. The van der Waals surface area contributed by atoms with Gasteiger partial charge < -0.3 is 9.42 Å². The third-order valence-electron chi connectivity index (χ3n) is 3.71. The Hall–Kier alpha value is -1.03. The zero-order chi connectivity index (χ0) is 13.9. The van der Waals surface area contributed by atoms with Gasteiger partial charge in [-0.05, 0) is 18.9 Å². The highest BCUT2D eigenvalue weighted by molar-refractivity contribution is 7.32. The van der Waals surface area contributed by atoms with Crippen molar-refractivity contribution in [1.82, 2.24) is 0 Å². The average Bonchev–Trinajstić information content (AvgIpc) is 2.87. The van der Waals surface area contributed by atoms with Gasteiger partial charge in [0.15, 0.2) is 5.78 Å². The Morgan fingerprint density at radius 3 is 2.58 bits per heavy atom. The molecule has 104 valence electrons. The fourth-order valence-corrected chi connectivity index (χ4v) is 3.05. The maximum atomic E-state index is 13.9. The average molecular weight is 286 g/mol. The lowest BCUT2D eigenvalue weighted by Gasteiger charge is -2.28. The van der Waals surface area contributed by atoms with Crippen molar-refractivity contribution in [3.63, 3.8) is 0 Å². The van der Waals surface area contributed by atoms with Crippen LogP contribution in [0.15, 0.2) is 24.3 Å². The highest BCUT2D eigenvalue weighted by Crippen LogP contribution is 2.43. The minimum absolute atomic E-state index is 0.317. The van der Waals surface area contributed by atoms with Crippen LogP contribution in [-0.4, -0.2) is 17.3 Å². The van der Waals surface area contributed by atoms with Crippen molar-refractivity contribution in [2.45, 2.75) is 31.1 Å². The SMILES string of the molecule is O=C(CO[PH](=O)O)C1(c2ccccc2F)CCCC1. The molecule has 6 heteroatoms. The van der Waals surface area contributed by atoms with Crippen LogP contribution in [0.25, 0.3) is 0 Å². The van der Waals surface area contributed by atoms with Crippen molar-refractivity contribution < 1.29 is 23.2 Å². The Bertz CT molecular complexity index is 497. The molecule has 1 aliphatic carbocycles. The number of carbonyl (C=O) groups excluding carboxylic acids is 1. The van der Waals surface area contributed by atoms with Crippen LogP contribution in [0.5, 0.6) is 0 Å². The molecule has 1 saturated carbocycles. The third kappa shape index (κ3) is 2.94. The Morgan fingerprint density at radius 1 is 1.37 bits per heavy atom. The second kappa shape index (κ2) is 5.95. The smallest absolute Gasteiger partial charge is 0.317 e. The molecule has 1 aliphatic rings. The Labute approximate surface area is 111 Å². The van der Waals surface area contributed by atoms with E-state index in [9.17, 15) is 13.8 Å². The molecule has 1 unspecified atom stereocenters. The van der Waals surface area contributed by atoms with Crippen molar-refractivity contribution in [3.05, 3.63) is 35.6 Å². The second-order valence-corrected chi connectivity index (χ2v) is 5.57. The minimum atomic E-state index is -3.14. The molecule has 0 bridgehead atoms. The number of halogens is 1. The number of hydrogen-bond acceptors (Lipinski definition) is 3. The van der Waals surface area contributed by atoms with Gasteiger partial charge in [-0.2, -0.15) is 0 Å². The maximum absolute atomic E-state index is 13.9. The Morgan fingerprint density at radius 2 is 2.00 bits per heavy atom. The molecule has 4 nitrogen and oxygen atoms in total. The summed E-state index contributed by atoms with van der Waals surface area (Å²) in [6, 6.07) is 6.22. The van der Waals surface area contributed by atoms with E-state index in [1.807, 2.05) is 0 Å². The van der Waals surface area contributed by atoms with Gasteiger partial charge in [0.1, 0.15) is 12.4 Å². The molecule has 0 amide bonds. The molecule has 19 heavy (non-hydrogen) atoms. The van der Waals surface area contributed by atoms with Crippen molar-refractivity contribution >= 4 is 14.0 Å². The molecule has 1 atom stereocenters. The summed E-state index contributed by atoms with van der Waals surface area (Å²) in [7, 11) is -3.14. The van der Waals surface area contributed by atoms with Crippen molar-refractivity contribution in [1.29, 1.82) is 0 Å². The van der Waals surface area contributed by atoms with Crippen LogP contribution in [-0.2, 0) is 19.3 Å². The predicted molar refractivity (Wildman–Crippen MR) is 68.7 cm³/mol. The molecule has 0 aliphatic heterocycles. The quantitative estimate of drug-likeness (QED) is 0.845. The van der Waals surface area contributed by atoms with Crippen LogP contribution in [0, 0.1) is 5.82 Å². The standard InChI is InChI=1S/C13H16FO4P/c14-11-6-2-1-5-10(11)13(7-3-4-8-13)12(15)9-18-19(16)17/h1-2,5-6,19H,3-4,7-9H2,(H,16,17). The van der Waals surface area contributed by atoms with E-state index in [1.165, 1.54) is 6.07 Å². The highest BCUT2D eigenvalue weighted by Gasteiger charge is 2.43. The number of carbonyl (C=O) groups is 1. The second-order valence-electron chi connectivity index (χ2n) is 4.75. The van der Waals surface area contributed by atoms with Gasteiger partial charge >= 0.3 is 8.25 Å². The molecule has 2 rings (SSSR count). The van der Waals surface area contributed by atoms with E-state index in [0.29, 0.717) is 18.4 Å². The Kier molecular flexibility index (Phi) is 4.50. The largest absolute Gasteiger partial charge is 0.326 e. The lowest BCUT2D eigenvalue weighted by Crippen LogP contribution is -2.36.